The van der Waals surface area contributed by atoms with Crippen LogP contribution in [0.1, 0.15) is 30.9 Å². The summed E-state index contributed by atoms with van der Waals surface area (Å²) < 4.78 is 5.78. The van der Waals surface area contributed by atoms with Crippen molar-refractivity contribution in [3.05, 3.63) is 59.7 Å². The van der Waals surface area contributed by atoms with Crippen LogP contribution < -0.4 is 15.9 Å². The minimum Gasteiger partial charge on any atom is -0.457 e. The Morgan fingerprint density at radius 3 is 2.14 bits per heavy atom. The molecule has 2 aromatic carbocycles. The summed E-state index contributed by atoms with van der Waals surface area (Å²) in [6.45, 7) is 4.31. The van der Waals surface area contributed by atoms with Crippen molar-refractivity contribution in [2.45, 2.75) is 19.8 Å². The van der Waals surface area contributed by atoms with E-state index in [1.165, 1.54) is 11.8 Å². The molecular formula is C17H19N3O2. The maximum absolute atomic E-state index is 10.5. The lowest BCUT2D eigenvalue weighted by atomic mass is 10.0. The molecule has 0 atom stereocenters. The number of primary amides is 1. The Morgan fingerprint density at radius 1 is 1.09 bits per heavy atom. The van der Waals surface area contributed by atoms with Gasteiger partial charge in [0, 0.05) is 0 Å². The maximum atomic E-state index is 10.5. The molecule has 0 aliphatic heterocycles. The first-order valence-corrected chi connectivity index (χ1v) is 7.01. The number of ether oxygens (including phenoxy) is 1. The number of nitrogens with one attached hydrogen (secondary N) is 1. The van der Waals surface area contributed by atoms with Gasteiger partial charge in [0.1, 0.15) is 11.5 Å². The van der Waals surface area contributed by atoms with E-state index >= 15 is 0 Å². The first kappa shape index (κ1) is 15.6. The van der Waals surface area contributed by atoms with Gasteiger partial charge < -0.3 is 10.5 Å². The van der Waals surface area contributed by atoms with E-state index in [4.69, 9.17) is 10.5 Å². The monoisotopic (exact) mass is 297 g/mol. The summed E-state index contributed by atoms with van der Waals surface area (Å²) >= 11 is 0. The Balaban J connectivity index is 1.98. The van der Waals surface area contributed by atoms with E-state index < -0.39 is 6.03 Å². The lowest BCUT2D eigenvalue weighted by Crippen LogP contribution is -2.24. The summed E-state index contributed by atoms with van der Waals surface area (Å²) in [7, 11) is 0. The highest BCUT2D eigenvalue weighted by atomic mass is 16.5. The number of rotatable bonds is 5. The fraction of sp³-hybridized carbons (Fsp3) is 0.176. The van der Waals surface area contributed by atoms with Crippen LogP contribution in [0.4, 0.5) is 4.79 Å². The minimum atomic E-state index is -0.693. The molecule has 22 heavy (non-hydrogen) atoms. The predicted molar refractivity (Wildman–Crippen MR) is 87.4 cm³/mol. The molecule has 0 spiro atoms. The van der Waals surface area contributed by atoms with Crippen LogP contribution in [0.3, 0.4) is 0 Å². The van der Waals surface area contributed by atoms with Crippen molar-refractivity contribution in [2.24, 2.45) is 10.8 Å². The van der Waals surface area contributed by atoms with E-state index in [-0.39, 0.29) is 0 Å². The molecule has 0 heterocycles. The van der Waals surface area contributed by atoms with Crippen LogP contribution in [0.15, 0.2) is 53.6 Å². The lowest BCUT2D eigenvalue weighted by Gasteiger charge is -2.08. The Hall–Kier alpha value is -2.82. The molecule has 0 aliphatic carbocycles. The number of hydrazone groups is 1. The van der Waals surface area contributed by atoms with Crippen LogP contribution in [-0.4, -0.2) is 12.2 Å². The summed E-state index contributed by atoms with van der Waals surface area (Å²) in [6.07, 6.45) is 1.51. The third-order valence-corrected chi connectivity index (χ3v) is 3.05. The molecule has 5 heteroatoms. The number of benzene rings is 2. The van der Waals surface area contributed by atoms with Gasteiger partial charge in [-0.3, -0.25) is 0 Å². The molecule has 2 rings (SSSR count). The molecule has 0 bridgehead atoms. The van der Waals surface area contributed by atoms with Crippen molar-refractivity contribution < 1.29 is 9.53 Å². The zero-order chi connectivity index (χ0) is 15.9. The number of hydrogen-bond donors (Lipinski definition) is 2. The van der Waals surface area contributed by atoms with Crippen molar-refractivity contribution in [3.63, 3.8) is 0 Å². The van der Waals surface area contributed by atoms with Gasteiger partial charge >= 0.3 is 6.03 Å². The first-order valence-electron chi connectivity index (χ1n) is 7.01. The average molecular weight is 297 g/mol. The topological polar surface area (TPSA) is 76.7 Å². The lowest BCUT2D eigenvalue weighted by molar-refractivity contribution is 0.249. The van der Waals surface area contributed by atoms with Gasteiger partial charge in [0.05, 0.1) is 6.21 Å². The van der Waals surface area contributed by atoms with Gasteiger partial charge in [0.2, 0.25) is 0 Å². The van der Waals surface area contributed by atoms with Gasteiger partial charge in [-0.2, -0.15) is 5.10 Å². The number of nitrogens with two attached hydrogens (primary N) is 1. The van der Waals surface area contributed by atoms with Crippen LogP contribution in [0.25, 0.3) is 0 Å². The number of hydrogen-bond acceptors (Lipinski definition) is 3. The van der Waals surface area contributed by atoms with Gasteiger partial charge in [-0.15, -0.1) is 0 Å². The van der Waals surface area contributed by atoms with Crippen LogP contribution in [0, 0.1) is 0 Å². The van der Waals surface area contributed by atoms with Crippen LogP contribution in [0.2, 0.25) is 0 Å². The molecule has 0 aromatic heterocycles. The third kappa shape index (κ3) is 4.63. The zero-order valence-corrected chi connectivity index (χ0v) is 12.6. The second-order valence-corrected chi connectivity index (χ2v) is 5.13. The maximum Gasteiger partial charge on any atom is 0.332 e. The van der Waals surface area contributed by atoms with Gasteiger partial charge in [0.15, 0.2) is 0 Å². The molecule has 2 amide bonds. The second kappa shape index (κ2) is 7.26. The van der Waals surface area contributed by atoms with Gasteiger partial charge in [-0.1, -0.05) is 26.0 Å². The predicted octanol–water partition coefficient (Wildman–Crippen LogP) is 3.60. The van der Waals surface area contributed by atoms with Gasteiger partial charge in [-0.05, 0) is 53.4 Å². The summed E-state index contributed by atoms with van der Waals surface area (Å²) in [6, 6.07) is 14.7. The smallest absolute Gasteiger partial charge is 0.332 e. The van der Waals surface area contributed by atoms with Gasteiger partial charge in [-0.25, -0.2) is 10.2 Å². The molecule has 2 aromatic rings. The van der Waals surface area contributed by atoms with E-state index in [0.717, 1.165) is 17.1 Å². The number of amides is 2. The molecule has 5 nitrogen and oxygen atoms in total. The summed E-state index contributed by atoms with van der Waals surface area (Å²) in [5.74, 6) is 2.03. The Kier molecular flexibility index (Phi) is 5.14. The SMILES string of the molecule is CC(C)c1ccc(Oc2ccc(C=NNC(N)=O)cc2)cc1. The molecule has 0 aliphatic rings. The molecule has 0 radical (unpaired) electrons. The standard InChI is InChI=1S/C17H19N3O2/c1-12(2)14-5-9-16(10-6-14)22-15-7-3-13(4-8-15)11-19-20-17(18)21/h3-12H,1-2H3,(H3,18,20,21). The van der Waals surface area contributed by atoms with Crippen molar-refractivity contribution >= 4 is 12.2 Å². The van der Waals surface area contributed by atoms with Gasteiger partial charge in [0.25, 0.3) is 0 Å². The molecule has 3 N–H and O–H groups in total. The van der Waals surface area contributed by atoms with Crippen LogP contribution >= 0.6 is 0 Å². The van der Waals surface area contributed by atoms with E-state index in [2.05, 4.69) is 36.5 Å². The Labute approximate surface area is 129 Å². The van der Waals surface area contributed by atoms with E-state index in [0.29, 0.717) is 5.92 Å². The van der Waals surface area contributed by atoms with E-state index in [9.17, 15) is 4.79 Å². The summed E-state index contributed by atoms with van der Waals surface area (Å²) in [5, 5.41) is 3.69. The third-order valence-electron chi connectivity index (χ3n) is 3.05. The fourth-order valence-electron chi connectivity index (χ4n) is 1.85. The molecule has 0 saturated heterocycles. The van der Waals surface area contributed by atoms with Crippen molar-refractivity contribution in [1.29, 1.82) is 0 Å². The first-order chi connectivity index (χ1) is 10.5. The van der Waals surface area contributed by atoms with Crippen LogP contribution in [-0.2, 0) is 0 Å². The Morgan fingerprint density at radius 2 is 1.64 bits per heavy atom. The normalized spacial score (nSPS) is 10.9. The van der Waals surface area contributed by atoms with E-state index in [1.54, 1.807) is 0 Å². The second-order valence-electron chi connectivity index (χ2n) is 5.13. The fourth-order valence-corrected chi connectivity index (χ4v) is 1.85. The highest BCUT2D eigenvalue weighted by Gasteiger charge is 2.01. The zero-order valence-electron chi connectivity index (χ0n) is 12.6. The minimum absolute atomic E-state index is 0.502. The molecular weight excluding hydrogens is 278 g/mol. The number of nitrogens with zero attached hydrogens (tertiary/aromatic N) is 1. The van der Waals surface area contributed by atoms with Crippen molar-refractivity contribution in [2.75, 3.05) is 0 Å². The van der Waals surface area contributed by atoms with Crippen molar-refractivity contribution in [1.82, 2.24) is 5.43 Å². The number of carbonyl (C=O) groups is 1. The number of urea groups is 1. The highest BCUT2D eigenvalue weighted by Crippen LogP contribution is 2.24. The molecule has 0 saturated carbocycles. The molecule has 114 valence electrons. The highest BCUT2D eigenvalue weighted by molar-refractivity contribution is 5.81. The van der Waals surface area contributed by atoms with Crippen molar-refractivity contribution in [3.8, 4) is 11.5 Å². The molecule has 0 unspecified atom stereocenters. The molecule has 0 fully saturated rings. The largest absolute Gasteiger partial charge is 0.457 e. The van der Waals surface area contributed by atoms with E-state index in [1.807, 2.05) is 36.4 Å². The summed E-state index contributed by atoms with van der Waals surface area (Å²) in [4.78, 5) is 10.5. The summed E-state index contributed by atoms with van der Waals surface area (Å²) in [5.41, 5.74) is 9.16. The quantitative estimate of drug-likeness (QED) is 0.653. The Bertz CT molecular complexity index is 647. The van der Waals surface area contributed by atoms with Crippen LogP contribution in [0.5, 0.6) is 11.5 Å². The number of carbonyl (C=O) groups excluding carboxylic acids is 1. The average Bonchev–Trinajstić information content (AvgIpc) is 2.49.